The number of aromatic hydroxyl groups is 1. The lowest BCUT2D eigenvalue weighted by atomic mass is 9.65. The van der Waals surface area contributed by atoms with Crippen LogP contribution in [0.4, 0.5) is 0 Å². The van der Waals surface area contributed by atoms with Crippen molar-refractivity contribution in [3.8, 4) is 5.75 Å². The second-order valence-electron chi connectivity index (χ2n) is 6.51. The summed E-state index contributed by atoms with van der Waals surface area (Å²) < 4.78 is 0. The lowest BCUT2D eigenvalue weighted by Gasteiger charge is -2.38. The summed E-state index contributed by atoms with van der Waals surface area (Å²) >= 11 is 0. The van der Waals surface area contributed by atoms with Crippen LogP contribution in [-0.4, -0.2) is 16.2 Å². The van der Waals surface area contributed by atoms with Crippen LogP contribution in [0.25, 0.3) is 0 Å². The molecule has 1 saturated carbocycles. The number of carboxylic acids is 1. The molecule has 3 heteroatoms. The zero-order chi connectivity index (χ0) is 14.8. The van der Waals surface area contributed by atoms with Gasteiger partial charge in [-0.15, -0.1) is 0 Å². The molecule has 0 saturated heterocycles. The Hall–Kier alpha value is -1.51. The molecule has 1 aromatic carbocycles. The summed E-state index contributed by atoms with van der Waals surface area (Å²) in [6, 6.07) is 6.92. The molecule has 0 amide bonds. The Morgan fingerprint density at radius 2 is 1.80 bits per heavy atom. The second-order valence-corrected chi connectivity index (χ2v) is 6.51. The highest BCUT2D eigenvalue weighted by Crippen LogP contribution is 2.44. The van der Waals surface area contributed by atoms with Gasteiger partial charge in [0.05, 0.1) is 5.41 Å². The molecule has 0 unspecified atom stereocenters. The highest BCUT2D eigenvalue weighted by molar-refractivity contribution is 5.75. The van der Waals surface area contributed by atoms with E-state index in [1.54, 1.807) is 12.1 Å². The van der Waals surface area contributed by atoms with Crippen molar-refractivity contribution in [3.63, 3.8) is 0 Å². The van der Waals surface area contributed by atoms with Gasteiger partial charge in [0.15, 0.2) is 0 Å². The molecule has 0 aliphatic heterocycles. The van der Waals surface area contributed by atoms with E-state index in [4.69, 9.17) is 0 Å². The number of carboxylic acid groups (broad SMARTS) is 1. The summed E-state index contributed by atoms with van der Waals surface area (Å²) in [6.45, 7) is 4.44. The molecule has 0 spiro atoms. The van der Waals surface area contributed by atoms with Gasteiger partial charge in [0.2, 0.25) is 0 Å². The third-order valence-electron chi connectivity index (χ3n) is 4.86. The number of carbonyl (C=O) groups is 1. The molecular weight excluding hydrogens is 252 g/mol. The van der Waals surface area contributed by atoms with E-state index in [9.17, 15) is 15.0 Å². The Morgan fingerprint density at radius 3 is 2.25 bits per heavy atom. The second kappa shape index (κ2) is 5.86. The Labute approximate surface area is 120 Å². The maximum atomic E-state index is 11.8. The minimum Gasteiger partial charge on any atom is -0.508 e. The fraction of sp³-hybridized carbons (Fsp3) is 0.588. The Morgan fingerprint density at radius 1 is 1.25 bits per heavy atom. The SMILES string of the molecule is CC(C)C1CCC(Cc2ccc(O)cc2)(C(=O)O)CC1. The summed E-state index contributed by atoms with van der Waals surface area (Å²) in [5, 5.41) is 19.0. The lowest BCUT2D eigenvalue weighted by Crippen LogP contribution is -2.38. The van der Waals surface area contributed by atoms with Gasteiger partial charge in [-0.05, 0) is 61.6 Å². The van der Waals surface area contributed by atoms with Crippen LogP contribution in [-0.2, 0) is 11.2 Å². The van der Waals surface area contributed by atoms with E-state index in [0.29, 0.717) is 18.3 Å². The van der Waals surface area contributed by atoms with Crippen molar-refractivity contribution in [2.75, 3.05) is 0 Å². The summed E-state index contributed by atoms with van der Waals surface area (Å²) in [6.07, 6.45) is 4.08. The van der Waals surface area contributed by atoms with Gasteiger partial charge in [-0.2, -0.15) is 0 Å². The van der Waals surface area contributed by atoms with Crippen LogP contribution in [0.15, 0.2) is 24.3 Å². The molecule has 2 N–H and O–H groups in total. The van der Waals surface area contributed by atoms with Crippen LogP contribution in [0.1, 0.15) is 45.1 Å². The average molecular weight is 276 g/mol. The number of hydrogen-bond donors (Lipinski definition) is 2. The molecule has 0 bridgehead atoms. The highest BCUT2D eigenvalue weighted by Gasteiger charge is 2.42. The predicted octanol–water partition coefficient (Wildman–Crippen LogP) is 3.85. The summed E-state index contributed by atoms with van der Waals surface area (Å²) in [7, 11) is 0. The van der Waals surface area contributed by atoms with Gasteiger partial charge >= 0.3 is 5.97 Å². The Balaban J connectivity index is 2.12. The molecule has 110 valence electrons. The van der Waals surface area contributed by atoms with Gasteiger partial charge in [0.1, 0.15) is 5.75 Å². The number of benzene rings is 1. The third-order valence-corrected chi connectivity index (χ3v) is 4.86. The van der Waals surface area contributed by atoms with Gasteiger partial charge in [-0.25, -0.2) is 0 Å². The van der Waals surface area contributed by atoms with Crippen molar-refractivity contribution in [3.05, 3.63) is 29.8 Å². The van der Waals surface area contributed by atoms with Gasteiger partial charge < -0.3 is 10.2 Å². The first kappa shape index (κ1) is 14.9. The van der Waals surface area contributed by atoms with Crippen LogP contribution >= 0.6 is 0 Å². The van der Waals surface area contributed by atoms with Crippen LogP contribution in [0, 0.1) is 17.3 Å². The highest BCUT2D eigenvalue weighted by atomic mass is 16.4. The normalized spacial score (nSPS) is 26.6. The molecule has 1 aliphatic rings. The van der Waals surface area contributed by atoms with Crippen molar-refractivity contribution >= 4 is 5.97 Å². The molecule has 0 heterocycles. The van der Waals surface area contributed by atoms with Crippen LogP contribution in [0.5, 0.6) is 5.75 Å². The number of phenolic OH excluding ortho intramolecular Hbond substituents is 1. The van der Waals surface area contributed by atoms with E-state index in [0.717, 1.165) is 31.2 Å². The van der Waals surface area contributed by atoms with E-state index in [1.165, 1.54) is 0 Å². The minimum atomic E-state index is -0.673. The molecule has 1 aliphatic carbocycles. The predicted molar refractivity (Wildman–Crippen MR) is 78.7 cm³/mol. The third kappa shape index (κ3) is 3.14. The summed E-state index contributed by atoms with van der Waals surface area (Å²) in [5.74, 6) is 0.840. The number of aliphatic carboxylic acids is 1. The monoisotopic (exact) mass is 276 g/mol. The smallest absolute Gasteiger partial charge is 0.309 e. The quantitative estimate of drug-likeness (QED) is 0.878. The van der Waals surface area contributed by atoms with Crippen LogP contribution in [0.2, 0.25) is 0 Å². The topological polar surface area (TPSA) is 57.5 Å². The van der Waals surface area contributed by atoms with Crippen LogP contribution in [0.3, 0.4) is 0 Å². The van der Waals surface area contributed by atoms with E-state index in [2.05, 4.69) is 13.8 Å². The van der Waals surface area contributed by atoms with Gasteiger partial charge in [-0.3, -0.25) is 4.79 Å². The lowest BCUT2D eigenvalue weighted by molar-refractivity contribution is -0.151. The molecule has 0 radical (unpaired) electrons. The van der Waals surface area contributed by atoms with Crippen LogP contribution < -0.4 is 0 Å². The molecule has 1 fully saturated rings. The largest absolute Gasteiger partial charge is 0.508 e. The fourth-order valence-electron chi connectivity index (χ4n) is 3.33. The number of rotatable bonds is 4. The standard InChI is InChI=1S/C17H24O3/c1-12(2)14-7-9-17(10-8-14,16(19)20)11-13-3-5-15(18)6-4-13/h3-6,12,14,18H,7-11H2,1-2H3,(H,19,20). The Kier molecular flexibility index (Phi) is 4.36. The molecule has 20 heavy (non-hydrogen) atoms. The zero-order valence-electron chi connectivity index (χ0n) is 12.3. The average Bonchev–Trinajstić information content (AvgIpc) is 2.42. The van der Waals surface area contributed by atoms with E-state index in [1.807, 2.05) is 12.1 Å². The number of phenols is 1. The van der Waals surface area contributed by atoms with Gasteiger partial charge in [0.25, 0.3) is 0 Å². The van der Waals surface area contributed by atoms with Crippen molar-refractivity contribution in [2.24, 2.45) is 17.3 Å². The van der Waals surface area contributed by atoms with Crippen molar-refractivity contribution in [2.45, 2.75) is 46.0 Å². The maximum Gasteiger partial charge on any atom is 0.309 e. The van der Waals surface area contributed by atoms with Crippen molar-refractivity contribution < 1.29 is 15.0 Å². The van der Waals surface area contributed by atoms with Gasteiger partial charge in [0, 0.05) is 0 Å². The number of hydrogen-bond acceptors (Lipinski definition) is 2. The van der Waals surface area contributed by atoms with Crippen molar-refractivity contribution in [1.29, 1.82) is 0 Å². The molecule has 3 nitrogen and oxygen atoms in total. The van der Waals surface area contributed by atoms with Gasteiger partial charge in [-0.1, -0.05) is 26.0 Å². The molecule has 0 atom stereocenters. The zero-order valence-corrected chi connectivity index (χ0v) is 12.3. The maximum absolute atomic E-state index is 11.8. The van der Waals surface area contributed by atoms with E-state index in [-0.39, 0.29) is 5.75 Å². The molecule has 1 aromatic rings. The van der Waals surface area contributed by atoms with Crippen molar-refractivity contribution in [1.82, 2.24) is 0 Å². The minimum absolute atomic E-state index is 0.224. The summed E-state index contributed by atoms with van der Waals surface area (Å²) in [4.78, 5) is 11.8. The van der Waals surface area contributed by atoms with E-state index >= 15 is 0 Å². The summed E-state index contributed by atoms with van der Waals surface area (Å²) in [5.41, 5.74) is 0.371. The Bertz CT molecular complexity index is 454. The van der Waals surface area contributed by atoms with E-state index < -0.39 is 11.4 Å². The molecule has 0 aromatic heterocycles. The molecular formula is C17H24O3. The fourth-order valence-corrected chi connectivity index (χ4v) is 3.33. The first-order valence-electron chi connectivity index (χ1n) is 7.44. The first-order valence-corrected chi connectivity index (χ1v) is 7.44. The molecule has 2 rings (SSSR count). The first-order chi connectivity index (χ1) is 9.43.